The lowest BCUT2D eigenvalue weighted by Crippen LogP contribution is -2.71. The van der Waals surface area contributed by atoms with E-state index in [-0.39, 0.29) is 18.4 Å². The van der Waals surface area contributed by atoms with E-state index < -0.39 is 18.1 Å². The number of carbonyl (C=O) groups excluding carboxylic acids is 2. The first-order chi connectivity index (χ1) is 7.45. The second kappa shape index (κ2) is 4.80. The predicted octanol–water partition coefficient (Wildman–Crippen LogP) is -1.71. The van der Waals surface area contributed by atoms with Crippen LogP contribution in [0.1, 0.15) is 13.8 Å². The number of aliphatic hydroxyl groups is 1. The van der Waals surface area contributed by atoms with Crippen molar-refractivity contribution in [2.75, 3.05) is 26.2 Å². The molecule has 0 radical (unpaired) electrons. The number of nitrogens with one attached hydrogen (secondary N) is 1. The molecule has 1 saturated heterocycles. The molecular weight excluding hydrogens is 210 g/mol. The second-order valence-corrected chi connectivity index (χ2v) is 4.38. The predicted molar refractivity (Wildman–Crippen MR) is 58.4 cm³/mol. The first-order valence-corrected chi connectivity index (χ1v) is 5.38. The Morgan fingerprint density at radius 1 is 1.56 bits per heavy atom. The van der Waals surface area contributed by atoms with Gasteiger partial charge in [-0.05, 0) is 0 Å². The van der Waals surface area contributed by atoms with Crippen molar-refractivity contribution in [3.05, 3.63) is 0 Å². The van der Waals surface area contributed by atoms with Gasteiger partial charge in [-0.2, -0.15) is 0 Å². The summed E-state index contributed by atoms with van der Waals surface area (Å²) in [6, 6.07) is 0. The number of carbonyl (C=O) groups is 2. The van der Waals surface area contributed by atoms with Crippen LogP contribution in [-0.2, 0) is 9.59 Å². The Bertz CT molecular complexity index is 293. The molecule has 16 heavy (non-hydrogen) atoms. The molecule has 1 aliphatic rings. The quantitative estimate of drug-likeness (QED) is 0.537. The van der Waals surface area contributed by atoms with E-state index in [9.17, 15) is 14.7 Å². The van der Waals surface area contributed by atoms with E-state index in [1.54, 1.807) is 13.8 Å². The van der Waals surface area contributed by atoms with E-state index in [0.717, 1.165) is 0 Å². The lowest BCUT2D eigenvalue weighted by Gasteiger charge is -2.44. The number of aliphatic hydroxyl groups excluding tert-OH is 1. The fourth-order valence-corrected chi connectivity index (χ4v) is 1.87. The van der Waals surface area contributed by atoms with E-state index in [4.69, 9.17) is 5.73 Å². The highest BCUT2D eigenvalue weighted by Gasteiger charge is 2.46. The molecule has 0 spiro atoms. The number of nitrogens with two attached hydrogens (primary N) is 1. The molecule has 0 aliphatic carbocycles. The highest BCUT2D eigenvalue weighted by Crippen LogP contribution is 2.19. The minimum atomic E-state index is -1.29. The normalized spacial score (nSPS) is 25.9. The summed E-state index contributed by atoms with van der Waals surface area (Å²) in [7, 11) is 0. The van der Waals surface area contributed by atoms with E-state index >= 15 is 0 Å². The van der Waals surface area contributed by atoms with Crippen LogP contribution in [0.25, 0.3) is 0 Å². The largest absolute Gasteiger partial charge is 0.393 e. The maximum absolute atomic E-state index is 12.0. The molecule has 0 aromatic rings. The van der Waals surface area contributed by atoms with Crippen molar-refractivity contribution in [1.82, 2.24) is 10.2 Å². The first-order valence-electron chi connectivity index (χ1n) is 5.38. The van der Waals surface area contributed by atoms with E-state index in [0.29, 0.717) is 13.1 Å². The van der Waals surface area contributed by atoms with Crippen LogP contribution in [0.15, 0.2) is 0 Å². The van der Waals surface area contributed by atoms with Crippen LogP contribution in [0.5, 0.6) is 0 Å². The van der Waals surface area contributed by atoms with Gasteiger partial charge in [0.2, 0.25) is 11.8 Å². The smallest absolute Gasteiger partial charge is 0.247 e. The first kappa shape index (κ1) is 12.9. The lowest BCUT2D eigenvalue weighted by atomic mass is 9.93. The Balaban J connectivity index is 3.02. The van der Waals surface area contributed by atoms with Crippen molar-refractivity contribution in [3.8, 4) is 0 Å². The standard InChI is InChI=1S/C10H19N3O3/c1-7(2)8(15)13-4-3-12-5-10(13,6-14)9(11)16/h7,12,14H,3-6H2,1-2H3,(H2,11,16). The van der Waals surface area contributed by atoms with Crippen molar-refractivity contribution in [2.24, 2.45) is 11.7 Å². The molecule has 6 nitrogen and oxygen atoms in total. The Morgan fingerprint density at radius 2 is 2.19 bits per heavy atom. The number of piperazine rings is 1. The minimum absolute atomic E-state index is 0.158. The maximum Gasteiger partial charge on any atom is 0.247 e. The Labute approximate surface area is 94.8 Å². The van der Waals surface area contributed by atoms with Crippen LogP contribution in [0.2, 0.25) is 0 Å². The Morgan fingerprint density at radius 3 is 2.62 bits per heavy atom. The van der Waals surface area contributed by atoms with Gasteiger partial charge in [0.05, 0.1) is 6.61 Å². The molecule has 1 fully saturated rings. The van der Waals surface area contributed by atoms with Crippen molar-refractivity contribution in [1.29, 1.82) is 0 Å². The van der Waals surface area contributed by atoms with Gasteiger partial charge in [-0.15, -0.1) is 0 Å². The van der Waals surface area contributed by atoms with Crippen molar-refractivity contribution < 1.29 is 14.7 Å². The topological polar surface area (TPSA) is 95.7 Å². The van der Waals surface area contributed by atoms with Gasteiger partial charge in [-0.1, -0.05) is 13.8 Å². The third-order valence-electron chi connectivity index (χ3n) is 2.93. The van der Waals surface area contributed by atoms with E-state index in [1.807, 2.05) is 0 Å². The molecule has 0 aromatic carbocycles. The molecular formula is C10H19N3O3. The van der Waals surface area contributed by atoms with E-state index in [2.05, 4.69) is 5.32 Å². The van der Waals surface area contributed by atoms with Crippen LogP contribution < -0.4 is 11.1 Å². The minimum Gasteiger partial charge on any atom is -0.393 e. The summed E-state index contributed by atoms with van der Waals surface area (Å²) in [5, 5.41) is 12.4. The summed E-state index contributed by atoms with van der Waals surface area (Å²) < 4.78 is 0. The van der Waals surface area contributed by atoms with Gasteiger partial charge in [0.1, 0.15) is 0 Å². The van der Waals surface area contributed by atoms with Gasteiger partial charge in [-0.25, -0.2) is 0 Å². The van der Waals surface area contributed by atoms with E-state index in [1.165, 1.54) is 4.90 Å². The Hall–Kier alpha value is -1.14. The monoisotopic (exact) mass is 229 g/mol. The number of nitrogens with zero attached hydrogens (tertiary/aromatic N) is 1. The maximum atomic E-state index is 12.0. The third-order valence-corrected chi connectivity index (χ3v) is 2.93. The zero-order valence-corrected chi connectivity index (χ0v) is 9.69. The average molecular weight is 229 g/mol. The summed E-state index contributed by atoms with van der Waals surface area (Å²) in [5.41, 5.74) is 4.02. The summed E-state index contributed by atoms with van der Waals surface area (Å²) in [6.45, 7) is 4.26. The summed E-state index contributed by atoms with van der Waals surface area (Å²) >= 11 is 0. The molecule has 1 rings (SSSR count). The van der Waals surface area contributed by atoms with Crippen molar-refractivity contribution >= 4 is 11.8 Å². The lowest BCUT2D eigenvalue weighted by molar-refractivity contribution is -0.153. The number of hydrogen-bond donors (Lipinski definition) is 3. The molecule has 1 heterocycles. The number of rotatable bonds is 3. The molecule has 4 N–H and O–H groups in total. The van der Waals surface area contributed by atoms with Crippen LogP contribution in [0.4, 0.5) is 0 Å². The number of amides is 2. The van der Waals surface area contributed by atoms with Gasteiger partial charge in [0.15, 0.2) is 5.54 Å². The van der Waals surface area contributed by atoms with Crippen molar-refractivity contribution in [3.63, 3.8) is 0 Å². The van der Waals surface area contributed by atoms with Crippen molar-refractivity contribution in [2.45, 2.75) is 19.4 Å². The molecule has 1 unspecified atom stereocenters. The molecule has 6 heteroatoms. The summed E-state index contributed by atoms with van der Waals surface area (Å²) in [4.78, 5) is 24.8. The van der Waals surface area contributed by atoms with Gasteiger partial charge in [0, 0.05) is 25.6 Å². The average Bonchev–Trinajstić information content (AvgIpc) is 2.27. The zero-order chi connectivity index (χ0) is 12.3. The summed E-state index contributed by atoms with van der Waals surface area (Å²) in [6.07, 6.45) is 0. The molecule has 1 aliphatic heterocycles. The number of hydrogen-bond acceptors (Lipinski definition) is 4. The summed E-state index contributed by atoms with van der Waals surface area (Å²) in [5.74, 6) is -1.05. The Kier molecular flexibility index (Phi) is 3.88. The fourth-order valence-electron chi connectivity index (χ4n) is 1.87. The third kappa shape index (κ3) is 2.03. The van der Waals surface area contributed by atoms with Gasteiger partial charge < -0.3 is 21.1 Å². The van der Waals surface area contributed by atoms with Gasteiger partial charge >= 0.3 is 0 Å². The van der Waals surface area contributed by atoms with Gasteiger partial charge in [0.25, 0.3) is 0 Å². The fraction of sp³-hybridized carbons (Fsp3) is 0.800. The van der Waals surface area contributed by atoms with Crippen LogP contribution >= 0.6 is 0 Å². The SMILES string of the molecule is CC(C)C(=O)N1CCNCC1(CO)C(N)=O. The zero-order valence-electron chi connectivity index (χ0n) is 9.69. The molecule has 0 saturated carbocycles. The molecule has 0 aromatic heterocycles. The molecule has 2 amide bonds. The highest BCUT2D eigenvalue weighted by molar-refractivity contribution is 5.91. The molecule has 92 valence electrons. The second-order valence-electron chi connectivity index (χ2n) is 4.38. The van der Waals surface area contributed by atoms with Crippen LogP contribution in [-0.4, -0.2) is 53.6 Å². The van der Waals surface area contributed by atoms with Gasteiger partial charge in [-0.3, -0.25) is 9.59 Å². The van der Waals surface area contributed by atoms with Crippen LogP contribution in [0, 0.1) is 5.92 Å². The van der Waals surface area contributed by atoms with Crippen LogP contribution in [0.3, 0.4) is 0 Å². The molecule has 1 atom stereocenters. The molecule has 0 bridgehead atoms. The highest BCUT2D eigenvalue weighted by atomic mass is 16.3. The number of primary amides is 1.